The van der Waals surface area contributed by atoms with Gasteiger partial charge >= 0.3 is 0 Å². The van der Waals surface area contributed by atoms with E-state index in [2.05, 4.69) is 20.9 Å². The molecule has 1 aromatic heterocycles. The lowest BCUT2D eigenvalue weighted by Crippen LogP contribution is -2.19. The molecule has 0 aliphatic heterocycles. The van der Waals surface area contributed by atoms with Gasteiger partial charge in [-0.05, 0) is 33.1 Å². The van der Waals surface area contributed by atoms with E-state index >= 15 is 0 Å². The van der Waals surface area contributed by atoms with E-state index in [1.165, 1.54) is 6.07 Å². The van der Waals surface area contributed by atoms with Crippen LogP contribution in [0.5, 0.6) is 0 Å². The molecule has 0 saturated carbocycles. The first-order chi connectivity index (χ1) is 9.10. The van der Waals surface area contributed by atoms with Crippen molar-refractivity contribution in [3.8, 4) is 0 Å². The van der Waals surface area contributed by atoms with Crippen LogP contribution in [0.3, 0.4) is 0 Å². The van der Waals surface area contributed by atoms with Gasteiger partial charge in [-0.15, -0.1) is 0 Å². The zero-order valence-corrected chi connectivity index (χ0v) is 12.2. The first-order valence-electron chi connectivity index (χ1n) is 5.90. The Labute approximate surface area is 120 Å². The number of hydrogen-bond acceptors (Lipinski definition) is 3. The van der Waals surface area contributed by atoms with Crippen molar-refractivity contribution in [1.29, 1.82) is 0 Å². The van der Waals surface area contributed by atoms with Gasteiger partial charge in [0.2, 0.25) is 0 Å². The molecule has 0 amide bonds. The van der Waals surface area contributed by atoms with Gasteiger partial charge in [0.05, 0.1) is 0 Å². The summed E-state index contributed by atoms with van der Waals surface area (Å²) in [5.41, 5.74) is 7.72. The van der Waals surface area contributed by atoms with Gasteiger partial charge < -0.3 is 10.6 Å². The second-order valence-corrected chi connectivity index (χ2v) is 5.25. The van der Waals surface area contributed by atoms with Crippen molar-refractivity contribution in [3.63, 3.8) is 0 Å². The Morgan fingerprint density at radius 3 is 2.47 bits per heavy atom. The molecule has 100 valence electrons. The summed E-state index contributed by atoms with van der Waals surface area (Å²) in [5.74, 6) is 0.00144. The fraction of sp³-hybridized carbons (Fsp3) is 0.214. The highest BCUT2D eigenvalue weighted by Gasteiger charge is 2.10. The summed E-state index contributed by atoms with van der Waals surface area (Å²) < 4.78 is 14.4. The number of aromatic nitrogens is 1. The van der Waals surface area contributed by atoms with Gasteiger partial charge in [-0.2, -0.15) is 0 Å². The number of nitrogens with zero attached hydrogens (tertiary/aromatic N) is 2. The lowest BCUT2D eigenvalue weighted by atomic mass is 10.1. The maximum atomic E-state index is 13.8. The molecule has 19 heavy (non-hydrogen) atoms. The van der Waals surface area contributed by atoms with Gasteiger partial charge in [-0.1, -0.05) is 24.3 Å². The molecule has 0 unspecified atom stereocenters. The summed E-state index contributed by atoms with van der Waals surface area (Å²) in [4.78, 5) is 5.87. The molecule has 0 spiro atoms. The molecular formula is C14H15BrFN3. The highest BCUT2D eigenvalue weighted by Crippen LogP contribution is 2.20. The molecule has 0 fully saturated rings. The Morgan fingerprint density at radius 2 is 1.89 bits per heavy atom. The quantitative estimate of drug-likeness (QED) is 0.940. The van der Waals surface area contributed by atoms with E-state index in [1.54, 1.807) is 11.1 Å². The lowest BCUT2D eigenvalue weighted by molar-refractivity contribution is 0.613. The van der Waals surface area contributed by atoms with Crippen LogP contribution in [0, 0.1) is 5.82 Å². The standard InChI is InChI=1S/C14H15BrFN3/c1-19(14-13(16)6-12(15)8-18-14)9-11-4-2-10(7-17)3-5-11/h2-6,8H,7,9,17H2,1H3. The predicted octanol–water partition coefficient (Wildman–Crippen LogP) is 3.08. The zero-order valence-electron chi connectivity index (χ0n) is 10.6. The third-order valence-corrected chi connectivity index (χ3v) is 3.26. The van der Waals surface area contributed by atoms with E-state index in [0.29, 0.717) is 23.4 Å². The second kappa shape index (κ2) is 6.12. The van der Waals surface area contributed by atoms with E-state index in [9.17, 15) is 4.39 Å². The number of halogens is 2. The summed E-state index contributed by atoms with van der Waals surface area (Å²) in [6, 6.07) is 9.37. The van der Waals surface area contributed by atoms with Gasteiger partial charge in [0.1, 0.15) is 0 Å². The number of hydrogen-bond donors (Lipinski definition) is 1. The summed E-state index contributed by atoms with van der Waals surface area (Å²) in [5, 5.41) is 0. The first-order valence-corrected chi connectivity index (χ1v) is 6.69. The van der Waals surface area contributed by atoms with Gasteiger partial charge in [0.15, 0.2) is 11.6 Å². The third kappa shape index (κ3) is 3.52. The molecule has 0 atom stereocenters. The van der Waals surface area contributed by atoms with Crippen LogP contribution in [0.25, 0.3) is 0 Å². The van der Waals surface area contributed by atoms with Crippen molar-refractivity contribution >= 4 is 21.7 Å². The van der Waals surface area contributed by atoms with Crippen LogP contribution in [0.1, 0.15) is 11.1 Å². The summed E-state index contributed by atoms with van der Waals surface area (Å²) in [7, 11) is 1.82. The van der Waals surface area contributed by atoms with Crippen molar-refractivity contribution in [3.05, 3.63) is 57.9 Å². The Morgan fingerprint density at radius 1 is 1.26 bits per heavy atom. The molecule has 0 radical (unpaired) electrons. The molecule has 2 N–H and O–H groups in total. The molecule has 0 aliphatic carbocycles. The Balaban J connectivity index is 2.13. The summed E-state index contributed by atoms with van der Waals surface area (Å²) >= 11 is 3.20. The maximum absolute atomic E-state index is 13.8. The molecule has 1 heterocycles. The minimum atomic E-state index is -0.338. The van der Waals surface area contributed by atoms with Gasteiger partial charge in [-0.3, -0.25) is 0 Å². The normalized spacial score (nSPS) is 10.5. The lowest BCUT2D eigenvalue weighted by Gasteiger charge is -2.19. The Kier molecular flexibility index (Phi) is 4.50. The highest BCUT2D eigenvalue weighted by atomic mass is 79.9. The highest BCUT2D eigenvalue weighted by molar-refractivity contribution is 9.10. The van der Waals surface area contributed by atoms with Crippen LogP contribution in [0.4, 0.5) is 10.2 Å². The second-order valence-electron chi connectivity index (χ2n) is 4.34. The Bertz CT molecular complexity index is 557. The van der Waals surface area contributed by atoms with E-state index < -0.39 is 0 Å². The van der Waals surface area contributed by atoms with E-state index in [0.717, 1.165) is 11.1 Å². The molecule has 5 heteroatoms. The zero-order chi connectivity index (χ0) is 13.8. The molecule has 0 saturated heterocycles. The van der Waals surface area contributed by atoms with Gasteiger partial charge in [0.25, 0.3) is 0 Å². The first kappa shape index (κ1) is 14.0. The minimum absolute atomic E-state index is 0.338. The van der Waals surface area contributed by atoms with Crippen LogP contribution in [0.2, 0.25) is 0 Å². The summed E-state index contributed by atoms with van der Waals surface area (Å²) in [6.07, 6.45) is 1.59. The van der Waals surface area contributed by atoms with E-state index in [-0.39, 0.29) is 5.82 Å². The van der Waals surface area contributed by atoms with E-state index in [1.807, 2.05) is 31.3 Å². The average Bonchev–Trinajstić information content (AvgIpc) is 2.39. The number of pyridine rings is 1. The molecular weight excluding hydrogens is 309 g/mol. The number of anilines is 1. The molecule has 2 rings (SSSR count). The fourth-order valence-electron chi connectivity index (χ4n) is 1.82. The average molecular weight is 324 g/mol. The molecule has 2 aromatic rings. The number of benzene rings is 1. The number of nitrogens with two attached hydrogens (primary N) is 1. The topological polar surface area (TPSA) is 42.1 Å². The number of rotatable bonds is 4. The SMILES string of the molecule is CN(Cc1ccc(CN)cc1)c1ncc(Br)cc1F. The van der Waals surface area contributed by atoms with Crippen LogP contribution in [-0.2, 0) is 13.1 Å². The van der Waals surface area contributed by atoms with Crippen molar-refractivity contribution < 1.29 is 4.39 Å². The van der Waals surface area contributed by atoms with Crippen LogP contribution in [-0.4, -0.2) is 12.0 Å². The van der Waals surface area contributed by atoms with Crippen molar-refractivity contribution in [2.45, 2.75) is 13.1 Å². The van der Waals surface area contributed by atoms with Gasteiger partial charge in [-0.25, -0.2) is 9.37 Å². The van der Waals surface area contributed by atoms with Crippen molar-refractivity contribution in [1.82, 2.24) is 4.98 Å². The van der Waals surface area contributed by atoms with Crippen LogP contribution >= 0.6 is 15.9 Å². The molecule has 0 aliphatic rings. The molecule has 1 aromatic carbocycles. The minimum Gasteiger partial charge on any atom is -0.353 e. The third-order valence-electron chi connectivity index (χ3n) is 2.83. The summed E-state index contributed by atoms with van der Waals surface area (Å²) in [6.45, 7) is 1.12. The fourth-order valence-corrected chi connectivity index (χ4v) is 2.12. The van der Waals surface area contributed by atoms with Crippen molar-refractivity contribution in [2.24, 2.45) is 5.73 Å². The molecule has 3 nitrogen and oxygen atoms in total. The van der Waals surface area contributed by atoms with Crippen LogP contribution < -0.4 is 10.6 Å². The Hall–Kier alpha value is -1.46. The van der Waals surface area contributed by atoms with Gasteiger partial charge in [0, 0.05) is 30.8 Å². The predicted molar refractivity (Wildman–Crippen MR) is 78.3 cm³/mol. The monoisotopic (exact) mass is 323 g/mol. The van der Waals surface area contributed by atoms with Crippen LogP contribution in [0.15, 0.2) is 41.0 Å². The molecule has 0 bridgehead atoms. The van der Waals surface area contributed by atoms with E-state index in [4.69, 9.17) is 5.73 Å². The maximum Gasteiger partial charge on any atom is 0.166 e. The smallest absolute Gasteiger partial charge is 0.166 e. The largest absolute Gasteiger partial charge is 0.353 e. The van der Waals surface area contributed by atoms with Crippen molar-refractivity contribution in [2.75, 3.05) is 11.9 Å².